The highest BCUT2D eigenvalue weighted by Gasteiger charge is 2.22. The number of carbonyl (C=O) groups excluding carboxylic acids is 2. The summed E-state index contributed by atoms with van der Waals surface area (Å²) in [4.78, 5) is 34.8. The number of rotatable bonds is 4. The summed E-state index contributed by atoms with van der Waals surface area (Å²) in [6.45, 7) is 14.8. The molecule has 2 N–H and O–H groups in total. The molecule has 2 amide bonds. The largest absolute Gasteiger partial charge is 0.322 e. The molecule has 0 bridgehead atoms. The van der Waals surface area contributed by atoms with Crippen LogP contribution >= 0.6 is 0 Å². The highest BCUT2D eigenvalue weighted by molar-refractivity contribution is 6.07. The van der Waals surface area contributed by atoms with Gasteiger partial charge in [-0.1, -0.05) is 53.7 Å². The molecule has 190 valence electrons. The fourth-order valence-corrected chi connectivity index (χ4v) is 3.96. The van der Waals surface area contributed by atoms with Gasteiger partial charge in [0, 0.05) is 34.9 Å². The van der Waals surface area contributed by atoms with Crippen LogP contribution in [0.25, 0.3) is 11.0 Å². The molecule has 0 radical (unpaired) electrons. The van der Waals surface area contributed by atoms with Crippen molar-refractivity contribution in [1.29, 1.82) is 0 Å². The van der Waals surface area contributed by atoms with Crippen LogP contribution in [0, 0.1) is 6.92 Å². The third kappa shape index (κ3) is 6.02. The summed E-state index contributed by atoms with van der Waals surface area (Å²) in [5, 5.41) is 5.98. The van der Waals surface area contributed by atoms with Crippen LogP contribution in [0.4, 0.5) is 11.4 Å². The van der Waals surface area contributed by atoms with Gasteiger partial charge in [-0.2, -0.15) is 0 Å². The Bertz CT molecular complexity index is 1460. The smallest absolute Gasteiger partial charge is 0.255 e. The Morgan fingerprint density at radius 2 is 1.24 bits per heavy atom. The van der Waals surface area contributed by atoms with Gasteiger partial charge < -0.3 is 10.6 Å². The van der Waals surface area contributed by atoms with Crippen molar-refractivity contribution >= 4 is 34.2 Å². The number of aromatic nitrogens is 2. The number of nitrogens with zero attached hydrogens (tertiary/aromatic N) is 2. The van der Waals surface area contributed by atoms with Crippen molar-refractivity contribution in [2.75, 3.05) is 10.6 Å². The van der Waals surface area contributed by atoms with Gasteiger partial charge >= 0.3 is 0 Å². The zero-order valence-corrected chi connectivity index (χ0v) is 22.6. The average molecular weight is 495 g/mol. The first-order valence-corrected chi connectivity index (χ1v) is 12.4. The van der Waals surface area contributed by atoms with Crippen molar-refractivity contribution in [2.45, 2.75) is 59.3 Å². The summed E-state index contributed by atoms with van der Waals surface area (Å²) in [5.41, 5.74) is 6.63. The van der Waals surface area contributed by atoms with Gasteiger partial charge in [0.25, 0.3) is 11.8 Å². The standard InChI is InChI=1S/C31H34N4O2/c1-19-8-10-24(18-26(19)35-28(36)20-9-11-25-27(16-20)33-13-12-32-25)34-29(37)21-14-22(30(2,3)4)17-23(15-21)31(5,6)7/h8-18H,1-7H3,(H,34,37)(H,35,36). The minimum atomic E-state index is -0.258. The van der Waals surface area contributed by atoms with Crippen LogP contribution in [0.1, 0.15) is 78.9 Å². The first-order valence-electron chi connectivity index (χ1n) is 12.4. The van der Waals surface area contributed by atoms with Crippen molar-refractivity contribution in [3.63, 3.8) is 0 Å². The van der Waals surface area contributed by atoms with Crippen molar-refractivity contribution in [1.82, 2.24) is 9.97 Å². The van der Waals surface area contributed by atoms with Crippen molar-refractivity contribution in [2.24, 2.45) is 0 Å². The molecule has 4 aromatic rings. The summed E-state index contributed by atoms with van der Waals surface area (Å²) in [5.74, 6) is -0.447. The van der Waals surface area contributed by atoms with Gasteiger partial charge in [0.15, 0.2) is 0 Å². The molecule has 0 aliphatic carbocycles. The summed E-state index contributed by atoms with van der Waals surface area (Å²) >= 11 is 0. The van der Waals surface area contributed by atoms with Crippen LogP contribution in [0.15, 0.2) is 67.0 Å². The lowest BCUT2D eigenvalue weighted by atomic mass is 9.79. The summed E-state index contributed by atoms with van der Waals surface area (Å²) in [6.07, 6.45) is 3.22. The number of hydrogen-bond donors (Lipinski definition) is 2. The van der Waals surface area contributed by atoms with Crippen molar-refractivity contribution in [3.05, 3.63) is 94.8 Å². The Labute approximate surface area is 218 Å². The minimum Gasteiger partial charge on any atom is -0.322 e. The van der Waals surface area contributed by atoms with Crippen LogP contribution in [-0.2, 0) is 10.8 Å². The maximum atomic E-state index is 13.3. The molecule has 6 heteroatoms. The molecule has 0 unspecified atom stereocenters. The van der Waals surface area contributed by atoms with E-state index < -0.39 is 0 Å². The van der Waals surface area contributed by atoms with E-state index in [1.165, 1.54) is 0 Å². The second kappa shape index (κ2) is 9.77. The maximum Gasteiger partial charge on any atom is 0.255 e. The summed E-state index contributed by atoms with van der Waals surface area (Å²) in [6, 6.07) is 16.8. The zero-order valence-electron chi connectivity index (χ0n) is 22.6. The van der Waals surface area contributed by atoms with Gasteiger partial charge in [-0.15, -0.1) is 0 Å². The SMILES string of the molecule is Cc1ccc(NC(=O)c2cc(C(C)(C)C)cc(C(C)(C)C)c2)cc1NC(=O)c1ccc2nccnc2c1. The average Bonchev–Trinajstić information content (AvgIpc) is 2.84. The Morgan fingerprint density at radius 3 is 1.86 bits per heavy atom. The second-order valence-electron chi connectivity index (χ2n) is 11.5. The number of carbonyl (C=O) groups is 2. The van der Waals surface area contributed by atoms with Crippen LogP contribution in [0.5, 0.6) is 0 Å². The Morgan fingerprint density at radius 1 is 0.649 bits per heavy atom. The molecule has 0 spiro atoms. The highest BCUT2D eigenvalue weighted by Crippen LogP contribution is 2.31. The van der Waals surface area contributed by atoms with Gasteiger partial charge in [-0.25, -0.2) is 0 Å². The highest BCUT2D eigenvalue weighted by atomic mass is 16.2. The van der Waals surface area contributed by atoms with Crippen LogP contribution in [-0.4, -0.2) is 21.8 Å². The lowest BCUT2D eigenvalue weighted by Gasteiger charge is -2.26. The van der Waals surface area contributed by atoms with E-state index in [1.807, 2.05) is 31.2 Å². The molecule has 0 aliphatic rings. The molecule has 0 saturated carbocycles. The van der Waals surface area contributed by atoms with Gasteiger partial charge in [0.1, 0.15) is 0 Å². The monoisotopic (exact) mass is 494 g/mol. The third-order valence-electron chi connectivity index (χ3n) is 6.40. The first-order chi connectivity index (χ1) is 17.3. The molecule has 3 aromatic carbocycles. The van der Waals surface area contributed by atoms with E-state index in [-0.39, 0.29) is 22.6 Å². The Balaban J connectivity index is 1.58. The number of amides is 2. The lowest BCUT2D eigenvalue weighted by Crippen LogP contribution is -2.20. The number of fused-ring (bicyclic) bond motifs is 1. The molecule has 37 heavy (non-hydrogen) atoms. The third-order valence-corrected chi connectivity index (χ3v) is 6.40. The van der Waals surface area contributed by atoms with Crippen molar-refractivity contribution < 1.29 is 9.59 Å². The zero-order chi connectivity index (χ0) is 27.0. The fourth-order valence-electron chi connectivity index (χ4n) is 3.96. The number of aryl methyl sites for hydroxylation is 1. The molecule has 1 aromatic heterocycles. The van der Waals surface area contributed by atoms with Crippen LogP contribution in [0.2, 0.25) is 0 Å². The quantitative estimate of drug-likeness (QED) is 0.319. The normalized spacial score (nSPS) is 11.9. The number of nitrogens with one attached hydrogen (secondary N) is 2. The van der Waals surface area contributed by atoms with E-state index in [0.29, 0.717) is 28.0 Å². The van der Waals surface area contributed by atoms with E-state index >= 15 is 0 Å². The lowest BCUT2D eigenvalue weighted by molar-refractivity contribution is 0.101. The van der Waals surface area contributed by atoms with E-state index in [0.717, 1.165) is 22.2 Å². The summed E-state index contributed by atoms with van der Waals surface area (Å²) in [7, 11) is 0. The molecule has 0 fully saturated rings. The molecular weight excluding hydrogens is 460 g/mol. The number of hydrogen-bond acceptors (Lipinski definition) is 4. The van der Waals surface area contributed by atoms with E-state index in [4.69, 9.17) is 0 Å². The fraction of sp³-hybridized carbons (Fsp3) is 0.290. The van der Waals surface area contributed by atoms with E-state index in [2.05, 4.69) is 68.2 Å². The molecule has 4 rings (SSSR count). The van der Waals surface area contributed by atoms with Gasteiger partial charge in [-0.05, 0) is 76.9 Å². The number of benzene rings is 3. The van der Waals surface area contributed by atoms with Crippen molar-refractivity contribution in [3.8, 4) is 0 Å². The van der Waals surface area contributed by atoms with Gasteiger partial charge in [-0.3, -0.25) is 19.6 Å². The first kappa shape index (κ1) is 26.0. The predicted octanol–water partition coefficient (Wildman–Crippen LogP) is 7.04. The predicted molar refractivity (Wildman–Crippen MR) is 150 cm³/mol. The minimum absolute atomic E-state index is 0.0913. The molecule has 6 nitrogen and oxygen atoms in total. The van der Waals surface area contributed by atoms with Crippen LogP contribution in [0.3, 0.4) is 0 Å². The molecule has 0 aliphatic heterocycles. The van der Waals surface area contributed by atoms with Gasteiger partial charge in [0.05, 0.1) is 11.0 Å². The molecular formula is C31H34N4O2. The van der Waals surface area contributed by atoms with E-state index in [9.17, 15) is 9.59 Å². The summed E-state index contributed by atoms with van der Waals surface area (Å²) < 4.78 is 0. The molecule has 0 saturated heterocycles. The molecule has 1 heterocycles. The number of anilines is 2. The van der Waals surface area contributed by atoms with E-state index in [1.54, 1.807) is 36.7 Å². The Kier molecular flexibility index (Phi) is 6.87. The second-order valence-corrected chi connectivity index (χ2v) is 11.5. The van der Waals surface area contributed by atoms with Crippen LogP contribution < -0.4 is 10.6 Å². The topological polar surface area (TPSA) is 84.0 Å². The maximum absolute atomic E-state index is 13.3. The molecule has 0 atom stereocenters. The Hall–Kier alpha value is -4.06. The van der Waals surface area contributed by atoms with Gasteiger partial charge in [0.2, 0.25) is 0 Å².